The number of amides is 1. The minimum atomic E-state index is -0.565. The zero-order chi connectivity index (χ0) is 14.0. The lowest BCUT2D eigenvalue weighted by atomic mass is 10.2. The molecule has 5 heteroatoms. The van der Waals surface area contributed by atoms with Crippen LogP contribution in [-0.4, -0.2) is 21.8 Å². The molecule has 0 spiro atoms. The van der Waals surface area contributed by atoms with Gasteiger partial charge in [0.1, 0.15) is 16.9 Å². The summed E-state index contributed by atoms with van der Waals surface area (Å²) >= 11 is 0. The number of aromatic nitrogens is 1. The fraction of sp³-hybridized carbons (Fsp3) is 0.286. The second-order valence-electron chi connectivity index (χ2n) is 5.20. The minimum Gasteiger partial charge on any atom is -0.506 e. The lowest BCUT2D eigenvalue weighted by Gasteiger charge is -2.19. The second-order valence-corrected chi connectivity index (χ2v) is 5.20. The maximum atomic E-state index is 11.6. The Morgan fingerprint density at radius 3 is 2.79 bits per heavy atom. The van der Waals surface area contributed by atoms with Crippen LogP contribution in [0.15, 0.2) is 30.5 Å². The number of nitrogens with zero attached hydrogens (tertiary/aromatic N) is 1. The topological polar surface area (TPSA) is 71.5 Å². The fourth-order valence-electron chi connectivity index (χ4n) is 1.67. The monoisotopic (exact) mass is 260 g/mol. The number of aromatic hydroxyl groups is 1. The van der Waals surface area contributed by atoms with Gasteiger partial charge < -0.3 is 9.84 Å². The van der Waals surface area contributed by atoms with E-state index in [1.165, 1.54) is 6.07 Å². The lowest BCUT2D eigenvalue weighted by molar-refractivity contribution is 0.0636. The normalized spacial score (nSPS) is 11.3. The minimum absolute atomic E-state index is 0.0177. The molecule has 0 fully saturated rings. The van der Waals surface area contributed by atoms with E-state index in [4.69, 9.17) is 4.74 Å². The summed E-state index contributed by atoms with van der Waals surface area (Å²) in [5.41, 5.74) is 0.398. The Morgan fingerprint density at radius 2 is 2.11 bits per heavy atom. The highest BCUT2D eigenvalue weighted by molar-refractivity contribution is 5.92. The van der Waals surface area contributed by atoms with Crippen LogP contribution in [0.25, 0.3) is 10.9 Å². The Kier molecular flexibility index (Phi) is 3.29. The largest absolute Gasteiger partial charge is 0.506 e. The third kappa shape index (κ3) is 3.34. The molecule has 1 aromatic carbocycles. The van der Waals surface area contributed by atoms with Gasteiger partial charge in [-0.05, 0) is 32.9 Å². The first-order chi connectivity index (χ1) is 8.85. The van der Waals surface area contributed by atoms with Gasteiger partial charge in [-0.25, -0.2) is 4.79 Å². The van der Waals surface area contributed by atoms with Gasteiger partial charge in [-0.15, -0.1) is 0 Å². The third-order valence-corrected chi connectivity index (χ3v) is 2.33. The quantitative estimate of drug-likeness (QED) is 0.825. The molecule has 0 radical (unpaired) electrons. The predicted octanol–water partition coefficient (Wildman–Crippen LogP) is 3.29. The van der Waals surface area contributed by atoms with Crippen molar-refractivity contribution in [2.45, 2.75) is 26.4 Å². The lowest BCUT2D eigenvalue weighted by Crippen LogP contribution is -2.27. The molecule has 2 rings (SSSR count). The van der Waals surface area contributed by atoms with Crippen LogP contribution in [0.2, 0.25) is 0 Å². The molecular weight excluding hydrogens is 244 g/mol. The number of ether oxygens (including phenoxy) is 1. The summed E-state index contributed by atoms with van der Waals surface area (Å²) in [6.07, 6.45) is 1.04. The van der Waals surface area contributed by atoms with Gasteiger partial charge in [0.05, 0.1) is 0 Å². The first kappa shape index (κ1) is 13.1. The van der Waals surface area contributed by atoms with Gasteiger partial charge in [0.15, 0.2) is 0 Å². The van der Waals surface area contributed by atoms with Crippen LogP contribution in [0, 0.1) is 0 Å². The number of phenols is 1. The molecule has 2 aromatic rings. The number of carbonyl (C=O) groups excluding carboxylic acids is 1. The van der Waals surface area contributed by atoms with E-state index >= 15 is 0 Å². The highest BCUT2D eigenvalue weighted by atomic mass is 16.6. The van der Waals surface area contributed by atoms with Crippen molar-refractivity contribution < 1.29 is 14.6 Å². The first-order valence-corrected chi connectivity index (χ1v) is 5.93. The van der Waals surface area contributed by atoms with Crippen LogP contribution in [0.5, 0.6) is 5.75 Å². The molecule has 1 amide bonds. The van der Waals surface area contributed by atoms with Crippen molar-refractivity contribution in [3.63, 3.8) is 0 Å². The molecule has 0 saturated heterocycles. The molecule has 1 heterocycles. The van der Waals surface area contributed by atoms with Crippen molar-refractivity contribution in [2.24, 2.45) is 0 Å². The van der Waals surface area contributed by atoms with Crippen molar-refractivity contribution in [3.8, 4) is 5.75 Å². The van der Waals surface area contributed by atoms with Gasteiger partial charge in [-0.1, -0.05) is 6.07 Å². The molecule has 2 N–H and O–H groups in total. The van der Waals surface area contributed by atoms with Crippen LogP contribution >= 0.6 is 0 Å². The number of hydrogen-bond donors (Lipinski definition) is 2. The number of carbonyl (C=O) groups is 1. The molecule has 100 valence electrons. The summed E-state index contributed by atoms with van der Waals surface area (Å²) in [5, 5.41) is 13.2. The van der Waals surface area contributed by atoms with E-state index in [1.54, 1.807) is 39.1 Å². The molecule has 0 unspecified atom stereocenters. The molecule has 0 aliphatic rings. The van der Waals surface area contributed by atoms with Gasteiger partial charge in [0.25, 0.3) is 0 Å². The molecule has 19 heavy (non-hydrogen) atoms. The number of pyridine rings is 1. The molecule has 5 nitrogen and oxygen atoms in total. The summed E-state index contributed by atoms with van der Waals surface area (Å²) in [7, 11) is 0. The van der Waals surface area contributed by atoms with E-state index in [0.29, 0.717) is 11.2 Å². The highest BCUT2D eigenvalue weighted by Gasteiger charge is 2.16. The summed E-state index contributed by atoms with van der Waals surface area (Å²) in [6, 6.07) is 6.74. The summed E-state index contributed by atoms with van der Waals surface area (Å²) in [6.45, 7) is 5.36. The zero-order valence-corrected chi connectivity index (χ0v) is 11.1. The Bertz CT molecular complexity index is 618. The van der Waals surface area contributed by atoms with E-state index in [9.17, 15) is 9.90 Å². The van der Waals surface area contributed by atoms with Gasteiger partial charge in [-0.2, -0.15) is 0 Å². The third-order valence-electron chi connectivity index (χ3n) is 2.33. The standard InChI is InChI=1S/C14H16N2O3/c1-14(2,3)19-13(18)16-10-7-9-5-4-6-15-12(9)11(17)8-10/h4-8,17H,1-3H3,(H,16,18). The number of benzene rings is 1. The van der Waals surface area contributed by atoms with Crippen molar-refractivity contribution in [1.82, 2.24) is 4.98 Å². The smallest absolute Gasteiger partial charge is 0.412 e. The Morgan fingerprint density at radius 1 is 1.37 bits per heavy atom. The van der Waals surface area contributed by atoms with E-state index in [1.807, 2.05) is 6.07 Å². The van der Waals surface area contributed by atoms with Gasteiger partial charge in [0.2, 0.25) is 0 Å². The highest BCUT2D eigenvalue weighted by Crippen LogP contribution is 2.27. The van der Waals surface area contributed by atoms with Crippen LogP contribution in [0.4, 0.5) is 10.5 Å². The average molecular weight is 260 g/mol. The Labute approximate surface area is 111 Å². The van der Waals surface area contributed by atoms with Crippen LogP contribution < -0.4 is 5.32 Å². The SMILES string of the molecule is CC(C)(C)OC(=O)Nc1cc(O)c2ncccc2c1. The number of fused-ring (bicyclic) bond motifs is 1. The maximum Gasteiger partial charge on any atom is 0.412 e. The Balaban J connectivity index is 2.24. The molecule has 0 atom stereocenters. The van der Waals surface area contributed by atoms with Crippen molar-refractivity contribution in [1.29, 1.82) is 0 Å². The average Bonchev–Trinajstić information content (AvgIpc) is 2.26. The van der Waals surface area contributed by atoms with Gasteiger partial charge in [0, 0.05) is 23.3 Å². The molecule has 0 aliphatic carbocycles. The van der Waals surface area contributed by atoms with E-state index < -0.39 is 11.7 Å². The van der Waals surface area contributed by atoms with Gasteiger partial charge in [-0.3, -0.25) is 10.3 Å². The Hall–Kier alpha value is -2.30. The maximum absolute atomic E-state index is 11.6. The molecule has 1 aromatic heterocycles. The number of rotatable bonds is 1. The fourth-order valence-corrected chi connectivity index (χ4v) is 1.67. The van der Waals surface area contributed by atoms with Crippen molar-refractivity contribution >= 4 is 22.7 Å². The molecule has 0 aliphatic heterocycles. The van der Waals surface area contributed by atoms with Crippen LogP contribution in [-0.2, 0) is 4.74 Å². The predicted molar refractivity (Wildman–Crippen MR) is 73.3 cm³/mol. The zero-order valence-electron chi connectivity index (χ0n) is 11.1. The second kappa shape index (κ2) is 4.76. The van der Waals surface area contributed by atoms with Crippen molar-refractivity contribution in [3.05, 3.63) is 30.5 Å². The van der Waals surface area contributed by atoms with Crippen LogP contribution in [0.3, 0.4) is 0 Å². The van der Waals surface area contributed by atoms with Crippen LogP contribution in [0.1, 0.15) is 20.8 Å². The number of hydrogen-bond acceptors (Lipinski definition) is 4. The summed E-state index contributed by atoms with van der Waals surface area (Å²) in [4.78, 5) is 15.7. The van der Waals surface area contributed by atoms with E-state index in [0.717, 1.165) is 5.39 Å². The summed E-state index contributed by atoms with van der Waals surface area (Å²) < 4.78 is 5.15. The number of nitrogens with one attached hydrogen (secondary N) is 1. The molecular formula is C14H16N2O3. The van der Waals surface area contributed by atoms with Crippen molar-refractivity contribution in [2.75, 3.05) is 5.32 Å². The van der Waals surface area contributed by atoms with E-state index in [-0.39, 0.29) is 5.75 Å². The van der Waals surface area contributed by atoms with E-state index in [2.05, 4.69) is 10.3 Å². The number of anilines is 1. The summed E-state index contributed by atoms with van der Waals surface area (Å²) in [5.74, 6) is 0.0177. The number of phenolic OH excluding ortho intramolecular Hbond substituents is 1. The molecule has 0 saturated carbocycles. The first-order valence-electron chi connectivity index (χ1n) is 5.93. The molecule has 0 bridgehead atoms. The van der Waals surface area contributed by atoms with Gasteiger partial charge >= 0.3 is 6.09 Å².